The second-order valence-corrected chi connectivity index (χ2v) is 7.17. The molecule has 3 rings (SSSR count). The van der Waals surface area contributed by atoms with E-state index in [2.05, 4.69) is 5.32 Å². The molecular weight excluding hydrogens is 320 g/mol. The van der Waals surface area contributed by atoms with Gasteiger partial charge in [-0.2, -0.15) is 0 Å². The van der Waals surface area contributed by atoms with Gasteiger partial charge in [0.2, 0.25) is 0 Å². The van der Waals surface area contributed by atoms with Crippen molar-refractivity contribution in [1.82, 2.24) is 10.2 Å². The summed E-state index contributed by atoms with van der Waals surface area (Å²) in [5.41, 5.74) is 1.02. The van der Waals surface area contributed by atoms with Crippen molar-refractivity contribution in [3.63, 3.8) is 0 Å². The molecule has 2 aliphatic rings. The minimum atomic E-state index is -0.830. The van der Waals surface area contributed by atoms with E-state index in [1.807, 2.05) is 37.3 Å². The lowest BCUT2D eigenvalue weighted by Crippen LogP contribution is -2.51. The number of amides is 2. The fourth-order valence-electron chi connectivity index (χ4n) is 3.84. The summed E-state index contributed by atoms with van der Waals surface area (Å²) in [5.74, 6) is -1.14. The molecule has 1 aromatic carbocycles. The van der Waals surface area contributed by atoms with Crippen molar-refractivity contribution in [3.05, 3.63) is 35.9 Å². The number of likely N-dealkylation sites (tertiary alicyclic amines) is 1. The molecule has 0 bridgehead atoms. The van der Waals surface area contributed by atoms with Crippen LogP contribution >= 0.6 is 0 Å². The van der Waals surface area contributed by atoms with Gasteiger partial charge in [-0.1, -0.05) is 37.3 Å². The van der Waals surface area contributed by atoms with Crippen LogP contribution in [-0.2, 0) is 9.53 Å². The molecule has 2 N–H and O–H groups in total. The summed E-state index contributed by atoms with van der Waals surface area (Å²) in [6, 6.07) is 9.41. The van der Waals surface area contributed by atoms with Crippen molar-refractivity contribution < 1.29 is 19.4 Å². The molecule has 2 heterocycles. The standard InChI is InChI=1S/C19H26N2O4/c1-13-10-15(18(22)23)12-21(11-13)19(24)20-17(16-8-5-9-25-16)14-6-3-2-4-7-14/h2-4,6-7,13,15-17H,5,8-12H2,1H3,(H,20,24)(H,22,23). The molecule has 4 unspecified atom stereocenters. The Morgan fingerprint density at radius 3 is 2.68 bits per heavy atom. The number of hydrogen-bond donors (Lipinski definition) is 2. The Kier molecular flexibility index (Phi) is 5.58. The Hall–Kier alpha value is -2.08. The van der Waals surface area contributed by atoms with Crippen LogP contribution in [0.4, 0.5) is 4.79 Å². The van der Waals surface area contributed by atoms with Gasteiger partial charge in [0.05, 0.1) is 18.1 Å². The maximum atomic E-state index is 12.8. The van der Waals surface area contributed by atoms with Gasteiger partial charge in [0, 0.05) is 19.7 Å². The van der Waals surface area contributed by atoms with Crippen LogP contribution in [-0.4, -0.2) is 47.8 Å². The number of nitrogens with one attached hydrogen (secondary N) is 1. The van der Waals surface area contributed by atoms with Crippen LogP contribution in [0.3, 0.4) is 0 Å². The summed E-state index contributed by atoms with van der Waals surface area (Å²) in [6.45, 7) is 3.55. The number of ether oxygens (including phenoxy) is 1. The van der Waals surface area contributed by atoms with Gasteiger partial charge in [-0.15, -0.1) is 0 Å². The van der Waals surface area contributed by atoms with Gasteiger partial charge in [0.25, 0.3) is 0 Å². The van der Waals surface area contributed by atoms with Crippen LogP contribution in [0.5, 0.6) is 0 Å². The van der Waals surface area contributed by atoms with Gasteiger partial charge in [-0.3, -0.25) is 4.79 Å². The number of rotatable bonds is 4. The quantitative estimate of drug-likeness (QED) is 0.878. The molecule has 25 heavy (non-hydrogen) atoms. The number of carbonyl (C=O) groups excluding carboxylic acids is 1. The van der Waals surface area contributed by atoms with Crippen LogP contribution in [0.25, 0.3) is 0 Å². The molecule has 1 aromatic rings. The Balaban J connectivity index is 1.72. The first kappa shape index (κ1) is 17.7. The van der Waals surface area contributed by atoms with Crippen LogP contribution in [0.15, 0.2) is 30.3 Å². The largest absolute Gasteiger partial charge is 0.481 e. The minimum Gasteiger partial charge on any atom is -0.481 e. The smallest absolute Gasteiger partial charge is 0.318 e. The van der Waals surface area contributed by atoms with E-state index in [-0.39, 0.29) is 30.6 Å². The number of benzene rings is 1. The number of carboxylic acid groups (broad SMARTS) is 1. The summed E-state index contributed by atoms with van der Waals surface area (Å²) in [6.07, 6.45) is 2.48. The maximum absolute atomic E-state index is 12.8. The summed E-state index contributed by atoms with van der Waals surface area (Å²) in [4.78, 5) is 25.8. The van der Waals surface area contributed by atoms with E-state index < -0.39 is 11.9 Å². The van der Waals surface area contributed by atoms with E-state index >= 15 is 0 Å². The van der Waals surface area contributed by atoms with Gasteiger partial charge in [-0.25, -0.2) is 4.79 Å². The molecule has 136 valence electrons. The monoisotopic (exact) mass is 346 g/mol. The van der Waals surface area contributed by atoms with Gasteiger partial charge >= 0.3 is 12.0 Å². The molecule has 0 radical (unpaired) electrons. The second-order valence-electron chi connectivity index (χ2n) is 7.17. The summed E-state index contributed by atoms with van der Waals surface area (Å²) >= 11 is 0. The van der Waals surface area contributed by atoms with E-state index in [1.165, 1.54) is 0 Å². The third kappa shape index (κ3) is 4.31. The third-order valence-electron chi connectivity index (χ3n) is 5.07. The first-order valence-electron chi connectivity index (χ1n) is 8.99. The van der Waals surface area contributed by atoms with E-state index in [0.717, 1.165) is 18.4 Å². The number of piperidine rings is 1. The van der Waals surface area contributed by atoms with Crippen molar-refractivity contribution in [1.29, 1.82) is 0 Å². The molecule has 0 aromatic heterocycles. The van der Waals surface area contributed by atoms with Crippen molar-refractivity contribution in [2.24, 2.45) is 11.8 Å². The first-order chi connectivity index (χ1) is 12.0. The fraction of sp³-hybridized carbons (Fsp3) is 0.579. The highest BCUT2D eigenvalue weighted by Crippen LogP contribution is 2.28. The van der Waals surface area contributed by atoms with Crippen molar-refractivity contribution in [2.45, 2.75) is 38.3 Å². The fourth-order valence-corrected chi connectivity index (χ4v) is 3.84. The summed E-state index contributed by atoms with van der Waals surface area (Å²) in [5, 5.41) is 12.4. The van der Waals surface area contributed by atoms with Crippen molar-refractivity contribution in [2.75, 3.05) is 19.7 Å². The topological polar surface area (TPSA) is 78.9 Å². The highest BCUT2D eigenvalue weighted by molar-refractivity contribution is 5.77. The highest BCUT2D eigenvalue weighted by Gasteiger charge is 2.34. The number of carbonyl (C=O) groups is 2. The molecule has 6 heteroatoms. The molecule has 0 saturated carbocycles. The lowest BCUT2D eigenvalue weighted by atomic mass is 9.90. The number of hydrogen-bond acceptors (Lipinski definition) is 3. The first-order valence-corrected chi connectivity index (χ1v) is 8.99. The highest BCUT2D eigenvalue weighted by atomic mass is 16.5. The molecule has 4 atom stereocenters. The lowest BCUT2D eigenvalue weighted by Gasteiger charge is -2.36. The average Bonchev–Trinajstić information content (AvgIpc) is 3.14. The van der Waals surface area contributed by atoms with Gasteiger partial charge in [-0.05, 0) is 30.7 Å². The Morgan fingerprint density at radius 2 is 2.04 bits per heavy atom. The molecule has 2 fully saturated rings. The Bertz CT molecular complexity index is 601. The number of aliphatic carboxylic acids is 1. The van der Waals surface area contributed by atoms with Crippen molar-refractivity contribution >= 4 is 12.0 Å². The van der Waals surface area contributed by atoms with Gasteiger partial charge in [0.1, 0.15) is 0 Å². The maximum Gasteiger partial charge on any atom is 0.318 e. The molecular formula is C19H26N2O4. The number of nitrogens with zero attached hydrogens (tertiary/aromatic N) is 1. The molecule has 2 saturated heterocycles. The molecule has 6 nitrogen and oxygen atoms in total. The van der Waals surface area contributed by atoms with Crippen LogP contribution in [0.1, 0.15) is 37.8 Å². The zero-order valence-corrected chi connectivity index (χ0v) is 14.6. The third-order valence-corrected chi connectivity index (χ3v) is 5.07. The number of carboxylic acids is 1. The zero-order chi connectivity index (χ0) is 17.8. The minimum absolute atomic E-state index is 0.0381. The number of urea groups is 1. The van der Waals surface area contributed by atoms with Gasteiger partial charge < -0.3 is 20.1 Å². The predicted octanol–water partition coefficient (Wildman–Crippen LogP) is 2.66. The Morgan fingerprint density at radius 1 is 1.28 bits per heavy atom. The zero-order valence-electron chi connectivity index (χ0n) is 14.6. The predicted molar refractivity (Wildman–Crippen MR) is 93.2 cm³/mol. The van der Waals surface area contributed by atoms with E-state index in [0.29, 0.717) is 19.6 Å². The van der Waals surface area contributed by atoms with E-state index in [9.17, 15) is 14.7 Å². The SMILES string of the molecule is CC1CC(C(=O)O)CN(C(=O)NC(c2ccccc2)C2CCCO2)C1. The normalized spacial score (nSPS) is 27.7. The van der Waals surface area contributed by atoms with Crippen LogP contribution < -0.4 is 5.32 Å². The summed E-state index contributed by atoms with van der Waals surface area (Å²) < 4.78 is 5.81. The Labute approximate surface area is 148 Å². The van der Waals surface area contributed by atoms with Crippen LogP contribution in [0.2, 0.25) is 0 Å². The molecule has 2 aliphatic heterocycles. The molecule has 2 amide bonds. The molecule has 0 aliphatic carbocycles. The lowest BCUT2D eigenvalue weighted by molar-refractivity contribution is -0.143. The summed E-state index contributed by atoms with van der Waals surface area (Å²) in [7, 11) is 0. The van der Waals surface area contributed by atoms with Crippen molar-refractivity contribution in [3.8, 4) is 0 Å². The van der Waals surface area contributed by atoms with E-state index in [1.54, 1.807) is 4.90 Å². The van der Waals surface area contributed by atoms with Gasteiger partial charge in [0.15, 0.2) is 0 Å². The van der Waals surface area contributed by atoms with E-state index in [4.69, 9.17) is 4.74 Å². The van der Waals surface area contributed by atoms with Crippen LogP contribution in [0, 0.1) is 11.8 Å². The second kappa shape index (κ2) is 7.87. The molecule has 0 spiro atoms. The average molecular weight is 346 g/mol.